The third-order valence-corrected chi connectivity index (χ3v) is 5.03. The Hall–Kier alpha value is -2.04. The van der Waals surface area contributed by atoms with Crippen molar-refractivity contribution in [2.75, 3.05) is 19.7 Å². The number of ether oxygens (including phenoxy) is 1. The highest BCUT2D eigenvalue weighted by molar-refractivity contribution is 5.94. The number of carbonyl (C=O) groups excluding carboxylic acids is 1. The number of carboxylic acids is 1. The van der Waals surface area contributed by atoms with Gasteiger partial charge in [-0.25, -0.2) is 4.79 Å². The topological polar surface area (TPSA) is 66.8 Å². The molecule has 0 radical (unpaired) electrons. The van der Waals surface area contributed by atoms with Gasteiger partial charge in [0.1, 0.15) is 5.75 Å². The Kier molecular flexibility index (Phi) is 5.29. The lowest BCUT2D eigenvalue weighted by atomic mass is 9.72. The lowest BCUT2D eigenvalue weighted by Crippen LogP contribution is -2.43. The molecule has 1 aromatic carbocycles. The highest BCUT2D eigenvalue weighted by Crippen LogP contribution is 2.38. The lowest BCUT2D eigenvalue weighted by molar-refractivity contribution is -0.139. The Bertz CT molecular complexity index is 574. The quantitative estimate of drug-likeness (QED) is 0.906. The fourth-order valence-electron chi connectivity index (χ4n) is 2.84. The van der Waals surface area contributed by atoms with E-state index < -0.39 is 12.6 Å². The van der Waals surface area contributed by atoms with E-state index in [0.717, 1.165) is 25.9 Å². The average molecular weight is 319 g/mol. The van der Waals surface area contributed by atoms with Gasteiger partial charge in [0.2, 0.25) is 0 Å². The summed E-state index contributed by atoms with van der Waals surface area (Å²) in [4.78, 5) is 25.1. The molecule has 0 bridgehead atoms. The summed E-state index contributed by atoms with van der Waals surface area (Å²) in [5.74, 6) is -0.0444. The van der Waals surface area contributed by atoms with E-state index in [0.29, 0.717) is 22.6 Å². The van der Waals surface area contributed by atoms with Gasteiger partial charge in [0.15, 0.2) is 6.61 Å². The van der Waals surface area contributed by atoms with Gasteiger partial charge in [-0.3, -0.25) is 4.79 Å². The number of hydrogen-bond donors (Lipinski definition) is 1. The van der Waals surface area contributed by atoms with E-state index in [-0.39, 0.29) is 5.91 Å². The minimum atomic E-state index is -1.04. The van der Waals surface area contributed by atoms with Gasteiger partial charge >= 0.3 is 5.97 Å². The number of amides is 1. The van der Waals surface area contributed by atoms with Crippen LogP contribution in [0.4, 0.5) is 0 Å². The summed E-state index contributed by atoms with van der Waals surface area (Å²) in [5.41, 5.74) is 0.837. The summed E-state index contributed by atoms with van der Waals surface area (Å²) in [6.07, 6.45) is 2.01. The Balaban J connectivity index is 2.01. The second kappa shape index (κ2) is 7.02. The molecule has 1 saturated heterocycles. The second-order valence-electron chi connectivity index (χ2n) is 6.81. The van der Waals surface area contributed by atoms with E-state index in [9.17, 15) is 9.59 Å². The lowest BCUT2D eigenvalue weighted by Gasteiger charge is -2.42. The normalized spacial score (nSPS) is 17.1. The largest absolute Gasteiger partial charge is 0.482 e. The summed E-state index contributed by atoms with van der Waals surface area (Å²) in [6, 6.07) is 6.73. The summed E-state index contributed by atoms with van der Waals surface area (Å²) in [5, 5.41) is 8.65. The standard InChI is InChI=1S/C18H25NO4/c1-13(2)18(3)7-9-19(10-8-18)17(22)14-5-4-6-15(11-14)23-12-16(20)21/h4-6,11,13H,7-10,12H2,1-3H3,(H,20,21). The predicted molar refractivity (Wildman–Crippen MR) is 87.7 cm³/mol. The van der Waals surface area contributed by atoms with Gasteiger partial charge in [-0.2, -0.15) is 0 Å². The molecular weight excluding hydrogens is 294 g/mol. The molecule has 0 atom stereocenters. The highest BCUT2D eigenvalue weighted by Gasteiger charge is 2.34. The number of benzene rings is 1. The van der Waals surface area contributed by atoms with E-state index >= 15 is 0 Å². The van der Waals surface area contributed by atoms with Crippen molar-refractivity contribution in [2.45, 2.75) is 33.6 Å². The molecule has 1 aliphatic rings. The van der Waals surface area contributed by atoms with Crippen LogP contribution in [0.2, 0.25) is 0 Å². The van der Waals surface area contributed by atoms with Gasteiger partial charge in [0, 0.05) is 18.7 Å². The van der Waals surface area contributed by atoms with Crippen LogP contribution in [0.3, 0.4) is 0 Å². The molecule has 23 heavy (non-hydrogen) atoms. The molecule has 2 rings (SSSR count). The molecule has 1 aliphatic heterocycles. The van der Waals surface area contributed by atoms with Crippen LogP contribution in [0, 0.1) is 11.3 Å². The minimum absolute atomic E-state index is 0.0171. The number of likely N-dealkylation sites (tertiary alicyclic amines) is 1. The minimum Gasteiger partial charge on any atom is -0.482 e. The number of aliphatic carboxylic acids is 1. The van der Waals surface area contributed by atoms with Crippen LogP contribution in [0.15, 0.2) is 24.3 Å². The van der Waals surface area contributed by atoms with Crippen LogP contribution >= 0.6 is 0 Å². The molecule has 0 unspecified atom stereocenters. The van der Waals surface area contributed by atoms with Crippen molar-refractivity contribution in [2.24, 2.45) is 11.3 Å². The number of nitrogens with zero attached hydrogens (tertiary/aromatic N) is 1. The molecule has 126 valence electrons. The SMILES string of the molecule is CC(C)C1(C)CCN(C(=O)c2cccc(OCC(=O)O)c2)CC1. The fraction of sp³-hybridized carbons (Fsp3) is 0.556. The summed E-state index contributed by atoms with van der Waals surface area (Å²) in [6.45, 7) is 7.87. The summed E-state index contributed by atoms with van der Waals surface area (Å²) in [7, 11) is 0. The molecule has 1 amide bonds. The number of carboxylic acid groups (broad SMARTS) is 1. The second-order valence-corrected chi connectivity index (χ2v) is 6.81. The predicted octanol–water partition coefficient (Wildman–Crippen LogP) is 3.05. The number of carbonyl (C=O) groups is 2. The zero-order chi connectivity index (χ0) is 17.0. The zero-order valence-corrected chi connectivity index (χ0v) is 14.0. The molecule has 1 aromatic rings. The summed E-state index contributed by atoms with van der Waals surface area (Å²) < 4.78 is 5.14. The zero-order valence-electron chi connectivity index (χ0n) is 14.0. The van der Waals surface area contributed by atoms with Crippen LogP contribution < -0.4 is 4.74 Å². The van der Waals surface area contributed by atoms with E-state index in [4.69, 9.17) is 9.84 Å². The highest BCUT2D eigenvalue weighted by atomic mass is 16.5. The van der Waals surface area contributed by atoms with Gasteiger partial charge in [-0.05, 0) is 42.4 Å². The smallest absolute Gasteiger partial charge is 0.341 e. The van der Waals surface area contributed by atoms with Crippen molar-refractivity contribution in [3.05, 3.63) is 29.8 Å². The Morgan fingerprint density at radius 1 is 1.30 bits per heavy atom. The van der Waals surface area contributed by atoms with Crippen LogP contribution in [0.1, 0.15) is 44.0 Å². The molecular formula is C18H25NO4. The van der Waals surface area contributed by atoms with Crippen molar-refractivity contribution in [1.82, 2.24) is 4.90 Å². The third-order valence-electron chi connectivity index (χ3n) is 5.03. The number of piperidine rings is 1. The monoisotopic (exact) mass is 319 g/mol. The maximum atomic E-state index is 12.6. The van der Waals surface area contributed by atoms with Crippen molar-refractivity contribution < 1.29 is 19.4 Å². The van der Waals surface area contributed by atoms with Crippen LogP contribution in [-0.4, -0.2) is 41.6 Å². The average Bonchev–Trinajstić information content (AvgIpc) is 2.53. The molecule has 0 aromatic heterocycles. The van der Waals surface area contributed by atoms with Crippen molar-refractivity contribution in [3.8, 4) is 5.75 Å². The fourth-order valence-corrected chi connectivity index (χ4v) is 2.84. The van der Waals surface area contributed by atoms with E-state index in [2.05, 4.69) is 20.8 Å². The molecule has 0 saturated carbocycles. The molecule has 1 heterocycles. The number of rotatable bonds is 5. The van der Waals surface area contributed by atoms with Gasteiger partial charge in [-0.15, -0.1) is 0 Å². The maximum Gasteiger partial charge on any atom is 0.341 e. The van der Waals surface area contributed by atoms with E-state index in [1.54, 1.807) is 24.3 Å². The first-order valence-corrected chi connectivity index (χ1v) is 8.06. The van der Waals surface area contributed by atoms with Crippen molar-refractivity contribution in [1.29, 1.82) is 0 Å². The first kappa shape index (κ1) is 17.3. The van der Waals surface area contributed by atoms with Crippen molar-refractivity contribution in [3.63, 3.8) is 0 Å². The molecule has 5 nitrogen and oxygen atoms in total. The third kappa shape index (κ3) is 4.24. The van der Waals surface area contributed by atoms with Crippen molar-refractivity contribution >= 4 is 11.9 Å². The Morgan fingerprint density at radius 3 is 2.52 bits per heavy atom. The molecule has 0 spiro atoms. The van der Waals surface area contributed by atoms with Crippen LogP contribution in [0.5, 0.6) is 5.75 Å². The van der Waals surface area contributed by atoms with Gasteiger partial charge in [0.25, 0.3) is 5.91 Å². The maximum absolute atomic E-state index is 12.6. The molecule has 0 aliphatic carbocycles. The van der Waals surface area contributed by atoms with Crippen LogP contribution in [-0.2, 0) is 4.79 Å². The van der Waals surface area contributed by atoms with E-state index in [1.807, 2.05) is 4.90 Å². The molecule has 1 N–H and O–H groups in total. The molecule has 1 fully saturated rings. The summed E-state index contributed by atoms with van der Waals surface area (Å²) >= 11 is 0. The Labute approximate surface area is 137 Å². The van der Waals surface area contributed by atoms with E-state index in [1.165, 1.54) is 0 Å². The number of hydrogen-bond acceptors (Lipinski definition) is 3. The first-order chi connectivity index (χ1) is 10.8. The first-order valence-electron chi connectivity index (χ1n) is 8.06. The van der Waals surface area contributed by atoms with Gasteiger partial charge in [-0.1, -0.05) is 26.8 Å². The van der Waals surface area contributed by atoms with Gasteiger partial charge < -0.3 is 14.7 Å². The van der Waals surface area contributed by atoms with Gasteiger partial charge in [0.05, 0.1) is 0 Å². The van der Waals surface area contributed by atoms with Crippen LogP contribution in [0.25, 0.3) is 0 Å². The Morgan fingerprint density at radius 2 is 1.96 bits per heavy atom. The molecule has 5 heteroatoms.